The van der Waals surface area contributed by atoms with E-state index in [2.05, 4.69) is 52.8 Å². The number of esters is 1. The molecule has 0 aliphatic heterocycles. The van der Waals surface area contributed by atoms with Gasteiger partial charge in [-0.1, -0.05) is 33.8 Å². The van der Waals surface area contributed by atoms with Crippen LogP contribution in [0, 0.1) is 12.8 Å². The van der Waals surface area contributed by atoms with Gasteiger partial charge in [0, 0.05) is 15.3 Å². The van der Waals surface area contributed by atoms with Crippen molar-refractivity contribution >= 4 is 17.3 Å². The van der Waals surface area contributed by atoms with Crippen molar-refractivity contribution in [2.24, 2.45) is 5.92 Å². The van der Waals surface area contributed by atoms with E-state index in [9.17, 15) is 4.79 Å². The normalized spacial score (nSPS) is 24.0. The highest BCUT2D eigenvalue weighted by atomic mass is 32.1. The third-order valence-electron chi connectivity index (χ3n) is 7.00. The van der Waals surface area contributed by atoms with Gasteiger partial charge in [0.05, 0.1) is 20.1 Å². The predicted molar refractivity (Wildman–Crippen MR) is 119 cm³/mol. The average Bonchev–Trinajstić information content (AvgIpc) is 3.40. The van der Waals surface area contributed by atoms with Gasteiger partial charge in [-0.05, 0) is 71.8 Å². The lowest BCUT2D eigenvalue weighted by Gasteiger charge is -2.39. The van der Waals surface area contributed by atoms with Gasteiger partial charge in [0.15, 0.2) is 0 Å². The zero-order valence-corrected chi connectivity index (χ0v) is 19.5. The summed E-state index contributed by atoms with van der Waals surface area (Å²) < 4.78 is 10.7. The highest BCUT2D eigenvalue weighted by Crippen LogP contribution is 2.55. The zero-order chi connectivity index (χ0) is 21.1. The van der Waals surface area contributed by atoms with Gasteiger partial charge in [-0.25, -0.2) is 0 Å². The molecule has 2 unspecified atom stereocenters. The van der Waals surface area contributed by atoms with E-state index in [0.29, 0.717) is 0 Å². The third kappa shape index (κ3) is 3.30. The third-order valence-corrected chi connectivity index (χ3v) is 8.69. The van der Waals surface area contributed by atoms with Crippen LogP contribution in [0.25, 0.3) is 10.4 Å². The van der Waals surface area contributed by atoms with Gasteiger partial charge in [-0.15, -0.1) is 11.3 Å². The molecule has 2 aliphatic carbocycles. The fourth-order valence-electron chi connectivity index (χ4n) is 5.03. The van der Waals surface area contributed by atoms with Crippen LogP contribution in [0.4, 0.5) is 0 Å². The van der Waals surface area contributed by atoms with E-state index in [-0.39, 0.29) is 28.6 Å². The number of hydrogen-bond acceptors (Lipinski definition) is 4. The van der Waals surface area contributed by atoms with Gasteiger partial charge in [-0.3, -0.25) is 4.79 Å². The van der Waals surface area contributed by atoms with Gasteiger partial charge in [0.25, 0.3) is 0 Å². The first kappa shape index (κ1) is 20.5. The van der Waals surface area contributed by atoms with E-state index in [4.69, 9.17) is 9.47 Å². The number of carbonyl (C=O) groups is 1. The van der Waals surface area contributed by atoms with Crippen molar-refractivity contribution < 1.29 is 14.3 Å². The van der Waals surface area contributed by atoms with Gasteiger partial charge < -0.3 is 9.47 Å². The van der Waals surface area contributed by atoms with Crippen molar-refractivity contribution in [3.63, 3.8) is 0 Å². The Morgan fingerprint density at radius 1 is 1.10 bits per heavy atom. The first-order valence-electron chi connectivity index (χ1n) is 10.5. The molecule has 3 nitrogen and oxygen atoms in total. The number of ether oxygens (including phenoxy) is 2. The summed E-state index contributed by atoms with van der Waals surface area (Å²) in [7, 11) is 3.21. The van der Waals surface area contributed by atoms with E-state index >= 15 is 0 Å². The second-order valence-electron chi connectivity index (χ2n) is 9.96. The maximum absolute atomic E-state index is 11.9. The molecular formula is C25H32O3S. The molecule has 0 radical (unpaired) electrons. The molecule has 0 saturated heterocycles. The Morgan fingerprint density at radius 3 is 2.41 bits per heavy atom. The summed E-state index contributed by atoms with van der Waals surface area (Å²) in [6.45, 7) is 11.8. The second kappa shape index (κ2) is 6.87. The van der Waals surface area contributed by atoms with Crippen LogP contribution < -0.4 is 4.74 Å². The van der Waals surface area contributed by atoms with E-state index < -0.39 is 0 Å². The Labute approximate surface area is 178 Å². The molecule has 1 fully saturated rings. The SMILES string of the molecule is COC(=O)C1CC1c1ccc(OC)c(-c2sc3c(c2C)C(C)(C)CCC3(C)C)c1. The number of rotatable bonds is 4. The Morgan fingerprint density at radius 2 is 1.79 bits per heavy atom. The predicted octanol–water partition coefficient (Wildman–Crippen LogP) is 6.36. The summed E-state index contributed by atoms with van der Waals surface area (Å²) >= 11 is 1.93. The monoisotopic (exact) mass is 412 g/mol. The lowest BCUT2D eigenvalue weighted by atomic mass is 9.66. The Balaban J connectivity index is 1.82. The first-order valence-corrected chi connectivity index (χ1v) is 11.3. The van der Waals surface area contributed by atoms with Crippen LogP contribution in [0.15, 0.2) is 18.2 Å². The highest BCUT2D eigenvalue weighted by Gasteiger charge is 2.45. The summed E-state index contributed by atoms with van der Waals surface area (Å²) in [5, 5.41) is 0. The molecule has 0 spiro atoms. The van der Waals surface area contributed by atoms with E-state index in [1.165, 1.54) is 46.4 Å². The van der Waals surface area contributed by atoms with Crippen molar-refractivity contribution in [2.75, 3.05) is 14.2 Å². The molecule has 1 heterocycles. The lowest BCUT2D eigenvalue weighted by Crippen LogP contribution is -2.32. The summed E-state index contributed by atoms with van der Waals surface area (Å²) in [5.41, 5.74) is 5.68. The molecule has 156 valence electrons. The molecular weight excluding hydrogens is 380 g/mol. The van der Waals surface area contributed by atoms with Crippen LogP contribution in [0.2, 0.25) is 0 Å². The molecule has 1 saturated carbocycles. The maximum atomic E-state index is 11.9. The Bertz CT molecular complexity index is 967. The Hall–Kier alpha value is -1.81. The molecule has 0 amide bonds. The van der Waals surface area contributed by atoms with Crippen LogP contribution in [0.1, 0.15) is 74.4 Å². The topological polar surface area (TPSA) is 35.5 Å². The number of methoxy groups -OCH3 is 2. The molecule has 4 heteroatoms. The lowest BCUT2D eigenvalue weighted by molar-refractivity contribution is -0.142. The quantitative estimate of drug-likeness (QED) is 0.548. The van der Waals surface area contributed by atoms with E-state index in [1.807, 2.05) is 11.3 Å². The molecule has 29 heavy (non-hydrogen) atoms. The first-order chi connectivity index (χ1) is 13.6. The minimum Gasteiger partial charge on any atom is -0.496 e. The van der Waals surface area contributed by atoms with Crippen molar-refractivity contribution in [3.05, 3.63) is 39.8 Å². The molecule has 2 aliphatic rings. The average molecular weight is 413 g/mol. The standard InChI is InChI=1S/C25H32O3S/c1-14-20-22(25(4,5)11-10-24(20,2)3)29-21(14)18-12-15(8-9-19(18)27-6)16-13-17(16)23(26)28-7/h8-9,12,16-17H,10-11,13H2,1-7H3. The van der Waals surface area contributed by atoms with E-state index in [1.54, 1.807) is 7.11 Å². The molecule has 0 N–H and O–H groups in total. The fraction of sp³-hybridized carbons (Fsp3) is 0.560. The minimum absolute atomic E-state index is 0.00301. The Kier molecular flexibility index (Phi) is 4.85. The van der Waals surface area contributed by atoms with Crippen molar-refractivity contribution in [2.45, 2.75) is 70.6 Å². The molecule has 1 aromatic heterocycles. The smallest absolute Gasteiger partial charge is 0.309 e. The largest absolute Gasteiger partial charge is 0.496 e. The zero-order valence-electron chi connectivity index (χ0n) is 18.6. The molecule has 1 aromatic carbocycles. The van der Waals surface area contributed by atoms with Crippen LogP contribution in [-0.4, -0.2) is 20.2 Å². The second-order valence-corrected chi connectivity index (χ2v) is 11.0. The molecule has 4 rings (SSSR count). The van der Waals surface area contributed by atoms with Gasteiger partial charge >= 0.3 is 5.97 Å². The van der Waals surface area contributed by atoms with Crippen LogP contribution in [0.3, 0.4) is 0 Å². The number of carbonyl (C=O) groups excluding carboxylic acids is 1. The molecule has 0 bridgehead atoms. The number of thiophene rings is 1. The summed E-state index contributed by atoms with van der Waals surface area (Å²) in [4.78, 5) is 14.8. The van der Waals surface area contributed by atoms with Crippen LogP contribution in [0.5, 0.6) is 5.75 Å². The number of benzene rings is 1. The van der Waals surface area contributed by atoms with E-state index in [0.717, 1.165) is 17.7 Å². The van der Waals surface area contributed by atoms with Crippen LogP contribution >= 0.6 is 11.3 Å². The summed E-state index contributed by atoms with van der Waals surface area (Å²) in [6.07, 6.45) is 3.30. The van der Waals surface area contributed by atoms with Gasteiger partial charge in [0.1, 0.15) is 5.75 Å². The van der Waals surface area contributed by atoms with Gasteiger partial charge in [-0.2, -0.15) is 0 Å². The molecule has 2 atom stereocenters. The maximum Gasteiger partial charge on any atom is 0.309 e. The van der Waals surface area contributed by atoms with Gasteiger partial charge in [0.2, 0.25) is 0 Å². The summed E-state index contributed by atoms with van der Waals surface area (Å²) in [6, 6.07) is 6.41. The molecule has 2 aromatic rings. The summed E-state index contributed by atoms with van der Waals surface area (Å²) in [5.74, 6) is 1.06. The van der Waals surface area contributed by atoms with Crippen LogP contribution in [-0.2, 0) is 20.4 Å². The fourth-order valence-corrected chi connectivity index (χ4v) is 6.67. The number of fused-ring (bicyclic) bond motifs is 1. The number of hydrogen-bond donors (Lipinski definition) is 0. The highest BCUT2D eigenvalue weighted by molar-refractivity contribution is 7.16. The van der Waals surface area contributed by atoms with Crippen molar-refractivity contribution in [1.82, 2.24) is 0 Å². The van der Waals surface area contributed by atoms with Crippen molar-refractivity contribution in [3.8, 4) is 16.2 Å². The van der Waals surface area contributed by atoms with Crippen molar-refractivity contribution in [1.29, 1.82) is 0 Å². The minimum atomic E-state index is -0.0985.